The van der Waals surface area contributed by atoms with Crippen molar-refractivity contribution in [3.8, 4) is 0 Å². The van der Waals surface area contributed by atoms with E-state index in [4.69, 9.17) is 28.4 Å². The number of hydrogen-bond donors (Lipinski definition) is 0. The minimum absolute atomic E-state index is 0.284. The maximum Gasteiger partial charge on any atom is 0.0950 e. The van der Waals surface area contributed by atoms with Crippen LogP contribution in [-0.2, 0) is 28.4 Å². The van der Waals surface area contributed by atoms with Gasteiger partial charge in [-0.2, -0.15) is 0 Å². The molecule has 0 aromatic rings. The van der Waals surface area contributed by atoms with Crippen molar-refractivity contribution < 1.29 is 28.4 Å². The van der Waals surface area contributed by atoms with Crippen LogP contribution in [-0.4, -0.2) is 74.8 Å². The lowest BCUT2D eigenvalue weighted by Crippen LogP contribution is -2.31. The third-order valence-corrected chi connectivity index (χ3v) is 11.9. The van der Waals surface area contributed by atoms with E-state index in [1.165, 1.54) is 109 Å². The molecule has 6 nitrogen and oxygen atoms in total. The molecule has 11 atom stereocenters. The van der Waals surface area contributed by atoms with Crippen LogP contribution in [0.25, 0.3) is 0 Å². The molecule has 0 radical (unpaired) electrons. The molecule has 3 saturated carbocycles. The SMILES string of the molecule is CC(C)C1CCCC2OC21C.CCC1CCCC2OC12.CCCC1CCC2OC2C1.CCCCC1CO1.CCCCOCCC1CO1. The minimum atomic E-state index is 0.284. The molecule has 5 aliphatic heterocycles. The zero-order chi connectivity index (χ0) is 33.6. The van der Waals surface area contributed by atoms with E-state index in [9.17, 15) is 0 Å². The van der Waals surface area contributed by atoms with E-state index in [1.807, 2.05) is 0 Å². The molecule has 47 heavy (non-hydrogen) atoms. The highest BCUT2D eigenvalue weighted by molar-refractivity contribution is 5.07. The molecule has 3 aliphatic carbocycles. The van der Waals surface area contributed by atoms with Gasteiger partial charge < -0.3 is 28.4 Å². The summed E-state index contributed by atoms with van der Waals surface area (Å²) >= 11 is 0. The average molecular weight is 665 g/mol. The topological polar surface area (TPSA) is 71.9 Å². The summed E-state index contributed by atoms with van der Waals surface area (Å²) in [4.78, 5) is 0. The number of fused-ring (bicyclic) bond motifs is 3. The van der Waals surface area contributed by atoms with Crippen molar-refractivity contribution in [2.45, 2.75) is 212 Å². The van der Waals surface area contributed by atoms with Gasteiger partial charge in [0.25, 0.3) is 0 Å². The van der Waals surface area contributed by atoms with Crippen LogP contribution in [0.4, 0.5) is 0 Å². The van der Waals surface area contributed by atoms with E-state index in [1.54, 1.807) is 0 Å². The van der Waals surface area contributed by atoms with Crippen LogP contribution in [0, 0.1) is 23.7 Å². The molecule has 8 fully saturated rings. The van der Waals surface area contributed by atoms with E-state index in [0.717, 1.165) is 56.5 Å². The molecular formula is C41H76O6. The largest absolute Gasteiger partial charge is 0.381 e. The van der Waals surface area contributed by atoms with Crippen LogP contribution in [0.2, 0.25) is 0 Å². The van der Waals surface area contributed by atoms with Crippen molar-refractivity contribution in [1.29, 1.82) is 0 Å². The molecule has 8 aliphatic rings. The molecule has 5 saturated heterocycles. The van der Waals surface area contributed by atoms with Gasteiger partial charge in [0, 0.05) is 13.2 Å². The maximum absolute atomic E-state index is 5.74. The van der Waals surface area contributed by atoms with Gasteiger partial charge in [-0.25, -0.2) is 0 Å². The van der Waals surface area contributed by atoms with Gasteiger partial charge in [0.05, 0.1) is 61.5 Å². The third-order valence-electron chi connectivity index (χ3n) is 11.9. The third kappa shape index (κ3) is 14.5. The molecule has 0 aromatic carbocycles. The van der Waals surface area contributed by atoms with Gasteiger partial charge in [-0.1, -0.05) is 92.9 Å². The lowest BCUT2D eigenvalue weighted by molar-refractivity contribution is 0.123. The van der Waals surface area contributed by atoms with Crippen molar-refractivity contribution >= 4 is 0 Å². The fourth-order valence-corrected chi connectivity index (χ4v) is 8.36. The lowest BCUT2D eigenvalue weighted by Gasteiger charge is -2.28. The predicted octanol–water partition coefficient (Wildman–Crippen LogP) is 10.1. The quantitative estimate of drug-likeness (QED) is 0.144. The molecule has 0 spiro atoms. The highest BCUT2D eigenvalue weighted by atomic mass is 16.6. The predicted molar refractivity (Wildman–Crippen MR) is 192 cm³/mol. The van der Waals surface area contributed by atoms with E-state index >= 15 is 0 Å². The summed E-state index contributed by atoms with van der Waals surface area (Å²) in [6, 6.07) is 0. The molecule has 276 valence electrons. The molecule has 11 unspecified atom stereocenters. The Morgan fingerprint density at radius 1 is 0.702 bits per heavy atom. The standard InChI is InChI=1S/C10H18O.C9H16O.C8H16O2.C8H14O.C6H12O/c1-7(2)8-5-4-6-9-10(8,3)11-9;1-2-3-7-4-5-8-9(6-7)10-8;1-2-3-5-9-6-4-8-7-10-8;1-2-6-4-3-5-7-8(6)9-7;1-2-3-4-6-5-7-6/h7-9H,4-6H2,1-3H3;7-9H,2-6H2,1H3;8H,2-7H2,1H3;6-8H,2-5H2,1H3;6H,2-5H2,1H3. The fraction of sp³-hybridized carbons (Fsp3) is 1.00. The molecular weight excluding hydrogens is 588 g/mol. The Bertz CT molecular complexity index is 829. The molecule has 5 heterocycles. The Balaban J connectivity index is 0.000000134. The highest BCUT2D eigenvalue weighted by Crippen LogP contribution is 2.53. The van der Waals surface area contributed by atoms with Gasteiger partial charge in [-0.3, -0.25) is 0 Å². The van der Waals surface area contributed by atoms with Crippen LogP contribution >= 0.6 is 0 Å². The molecule has 0 bridgehead atoms. The monoisotopic (exact) mass is 665 g/mol. The van der Waals surface area contributed by atoms with Gasteiger partial charge in [0.1, 0.15) is 0 Å². The van der Waals surface area contributed by atoms with Gasteiger partial charge >= 0.3 is 0 Å². The van der Waals surface area contributed by atoms with Crippen molar-refractivity contribution in [1.82, 2.24) is 0 Å². The normalized spacial score (nSPS) is 39.3. The second kappa shape index (κ2) is 20.6. The first kappa shape index (κ1) is 39.5. The first-order valence-electron chi connectivity index (χ1n) is 20.6. The second-order valence-corrected chi connectivity index (χ2v) is 16.3. The smallest absolute Gasteiger partial charge is 0.0950 e. The Kier molecular flexibility index (Phi) is 17.3. The second-order valence-electron chi connectivity index (χ2n) is 16.3. The lowest BCUT2D eigenvalue weighted by atomic mass is 9.74. The fourth-order valence-electron chi connectivity index (χ4n) is 8.36. The van der Waals surface area contributed by atoms with Crippen LogP contribution in [0.15, 0.2) is 0 Å². The molecule has 0 amide bonds. The van der Waals surface area contributed by atoms with E-state index in [2.05, 4.69) is 48.5 Å². The molecule has 6 heteroatoms. The van der Waals surface area contributed by atoms with E-state index < -0.39 is 0 Å². The Morgan fingerprint density at radius 3 is 2.02 bits per heavy atom. The number of ether oxygens (including phenoxy) is 6. The van der Waals surface area contributed by atoms with Crippen LogP contribution in [0.3, 0.4) is 0 Å². The zero-order valence-electron chi connectivity index (χ0n) is 31.9. The Hall–Kier alpha value is -0.240. The molecule has 8 rings (SSSR count). The number of epoxide rings is 5. The molecule has 0 N–H and O–H groups in total. The summed E-state index contributed by atoms with van der Waals surface area (Å²) in [6.45, 7) is 19.6. The van der Waals surface area contributed by atoms with Crippen molar-refractivity contribution in [2.24, 2.45) is 23.7 Å². The molecule has 0 aromatic heterocycles. The average Bonchev–Trinajstić information content (AvgIpc) is 3.85. The van der Waals surface area contributed by atoms with Gasteiger partial charge in [-0.15, -0.1) is 0 Å². The summed E-state index contributed by atoms with van der Waals surface area (Å²) in [5.41, 5.74) is 0.284. The highest BCUT2D eigenvalue weighted by Gasteiger charge is 2.59. The minimum Gasteiger partial charge on any atom is -0.381 e. The van der Waals surface area contributed by atoms with E-state index in [-0.39, 0.29) is 5.60 Å². The number of rotatable bonds is 13. The maximum atomic E-state index is 5.74. The van der Waals surface area contributed by atoms with Crippen LogP contribution < -0.4 is 0 Å². The Labute approximate surface area is 290 Å². The summed E-state index contributed by atoms with van der Waals surface area (Å²) in [6.07, 6.45) is 28.4. The van der Waals surface area contributed by atoms with E-state index in [0.29, 0.717) is 42.7 Å². The van der Waals surface area contributed by atoms with Gasteiger partial charge in [-0.05, 0) is 94.8 Å². The van der Waals surface area contributed by atoms with Crippen LogP contribution in [0.5, 0.6) is 0 Å². The first-order chi connectivity index (χ1) is 22.8. The summed E-state index contributed by atoms with van der Waals surface area (Å²) < 4.78 is 32.1. The summed E-state index contributed by atoms with van der Waals surface area (Å²) in [5, 5.41) is 0. The summed E-state index contributed by atoms with van der Waals surface area (Å²) in [7, 11) is 0. The van der Waals surface area contributed by atoms with Gasteiger partial charge in [0.2, 0.25) is 0 Å². The zero-order valence-corrected chi connectivity index (χ0v) is 31.9. The van der Waals surface area contributed by atoms with Crippen LogP contribution in [0.1, 0.15) is 164 Å². The van der Waals surface area contributed by atoms with Crippen molar-refractivity contribution in [2.75, 3.05) is 26.4 Å². The number of hydrogen-bond acceptors (Lipinski definition) is 6. The number of unbranched alkanes of at least 4 members (excludes halogenated alkanes) is 2. The van der Waals surface area contributed by atoms with Crippen molar-refractivity contribution in [3.63, 3.8) is 0 Å². The van der Waals surface area contributed by atoms with Gasteiger partial charge in [0.15, 0.2) is 0 Å². The van der Waals surface area contributed by atoms with Crippen molar-refractivity contribution in [3.05, 3.63) is 0 Å². The summed E-state index contributed by atoms with van der Waals surface area (Å²) in [5.74, 6) is 3.52. The first-order valence-corrected chi connectivity index (χ1v) is 20.6. The Morgan fingerprint density at radius 2 is 1.43 bits per heavy atom.